The Balaban J connectivity index is 2.58. The van der Waals surface area contributed by atoms with Crippen LogP contribution in [-0.4, -0.2) is 9.97 Å². The molecule has 0 spiro atoms. The van der Waals surface area contributed by atoms with Crippen LogP contribution < -0.4 is 0 Å². The van der Waals surface area contributed by atoms with E-state index in [1.807, 2.05) is 22.7 Å². The van der Waals surface area contributed by atoms with Gasteiger partial charge in [-0.15, -0.1) is 22.7 Å². The van der Waals surface area contributed by atoms with Gasteiger partial charge in [0.25, 0.3) is 0 Å². The van der Waals surface area contributed by atoms with Crippen LogP contribution >= 0.6 is 22.7 Å². The van der Waals surface area contributed by atoms with Gasteiger partial charge >= 0.3 is 0 Å². The molecule has 0 atom stereocenters. The molecule has 1 aromatic carbocycles. The van der Waals surface area contributed by atoms with Crippen LogP contribution in [0.25, 0.3) is 20.4 Å². The van der Waals surface area contributed by atoms with E-state index < -0.39 is 0 Å². The fourth-order valence-electron chi connectivity index (χ4n) is 2.54. The molecule has 4 heteroatoms. The van der Waals surface area contributed by atoms with Crippen molar-refractivity contribution in [2.75, 3.05) is 0 Å². The van der Waals surface area contributed by atoms with E-state index >= 15 is 0 Å². The molecule has 18 heavy (non-hydrogen) atoms. The third-order valence-electron chi connectivity index (χ3n) is 3.30. The molecule has 3 rings (SSSR count). The highest BCUT2D eigenvalue weighted by molar-refractivity contribution is 7.20. The van der Waals surface area contributed by atoms with Gasteiger partial charge in [-0.05, 0) is 37.8 Å². The first-order valence-electron chi connectivity index (χ1n) is 6.33. The van der Waals surface area contributed by atoms with E-state index in [9.17, 15) is 0 Å². The Morgan fingerprint density at radius 2 is 1.17 bits per heavy atom. The van der Waals surface area contributed by atoms with Crippen molar-refractivity contribution in [2.45, 2.75) is 40.5 Å². The van der Waals surface area contributed by atoms with Gasteiger partial charge in [0.15, 0.2) is 0 Å². The summed E-state index contributed by atoms with van der Waals surface area (Å²) in [6, 6.07) is 0. The second-order valence-electron chi connectivity index (χ2n) is 4.49. The van der Waals surface area contributed by atoms with Crippen molar-refractivity contribution in [3.8, 4) is 0 Å². The average molecular weight is 276 g/mol. The Morgan fingerprint density at radius 1 is 0.778 bits per heavy atom. The fourth-order valence-corrected chi connectivity index (χ4v) is 4.67. The monoisotopic (exact) mass is 276 g/mol. The molecule has 2 heterocycles. The standard InChI is InChI=1S/C14H16N2S2/c1-5-9-11-14(18-7(3)15-11)10(6-2)12-13(9)17-8(4)16-12/h5-6H2,1-4H3. The molecule has 94 valence electrons. The number of nitrogens with zero attached hydrogens (tertiary/aromatic N) is 2. The molecule has 0 aliphatic heterocycles. The first-order chi connectivity index (χ1) is 8.65. The van der Waals surface area contributed by atoms with Gasteiger partial charge in [0, 0.05) is 0 Å². The van der Waals surface area contributed by atoms with Gasteiger partial charge in [-0.25, -0.2) is 9.97 Å². The minimum absolute atomic E-state index is 1.03. The van der Waals surface area contributed by atoms with Gasteiger partial charge in [0.2, 0.25) is 0 Å². The zero-order chi connectivity index (χ0) is 12.9. The van der Waals surface area contributed by atoms with Gasteiger partial charge in [-0.1, -0.05) is 13.8 Å². The molecule has 0 aliphatic carbocycles. The zero-order valence-electron chi connectivity index (χ0n) is 11.1. The Kier molecular flexibility index (Phi) is 2.87. The molecule has 3 aromatic rings. The molecule has 0 radical (unpaired) electrons. The van der Waals surface area contributed by atoms with Crippen LogP contribution in [0.2, 0.25) is 0 Å². The highest BCUT2D eigenvalue weighted by Crippen LogP contribution is 2.38. The fraction of sp³-hybridized carbons (Fsp3) is 0.429. The lowest BCUT2D eigenvalue weighted by atomic mass is 10.0. The minimum Gasteiger partial charge on any atom is -0.241 e. The number of thiazole rings is 2. The van der Waals surface area contributed by atoms with E-state index in [1.54, 1.807) is 0 Å². The van der Waals surface area contributed by atoms with Crippen LogP contribution in [0, 0.1) is 13.8 Å². The smallest absolute Gasteiger partial charge is 0.0908 e. The molecule has 0 aliphatic rings. The molecule has 0 saturated carbocycles. The maximum absolute atomic E-state index is 4.75. The first-order valence-corrected chi connectivity index (χ1v) is 7.97. The van der Waals surface area contributed by atoms with Gasteiger partial charge in [-0.2, -0.15) is 0 Å². The van der Waals surface area contributed by atoms with Crippen LogP contribution in [-0.2, 0) is 12.8 Å². The van der Waals surface area contributed by atoms with Crippen molar-refractivity contribution in [1.82, 2.24) is 9.97 Å². The van der Waals surface area contributed by atoms with E-state index in [4.69, 9.17) is 9.97 Å². The lowest BCUT2D eigenvalue weighted by Gasteiger charge is -2.05. The number of fused-ring (bicyclic) bond motifs is 2. The van der Waals surface area contributed by atoms with E-state index in [-0.39, 0.29) is 0 Å². The molecular formula is C14H16N2S2. The first kappa shape index (κ1) is 12.1. The summed E-state index contributed by atoms with van der Waals surface area (Å²) < 4.78 is 2.70. The lowest BCUT2D eigenvalue weighted by Crippen LogP contribution is -1.90. The number of benzene rings is 1. The van der Waals surface area contributed by atoms with Crippen molar-refractivity contribution >= 4 is 43.1 Å². The van der Waals surface area contributed by atoms with Crippen molar-refractivity contribution < 1.29 is 0 Å². The predicted octanol–water partition coefficient (Wildman–Crippen LogP) is 4.65. The summed E-state index contributed by atoms with van der Waals surface area (Å²) in [7, 11) is 0. The van der Waals surface area contributed by atoms with Gasteiger partial charge < -0.3 is 0 Å². The van der Waals surface area contributed by atoms with Crippen molar-refractivity contribution in [1.29, 1.82) is 0 Å². The normalized spacial score (nSPS) is 11.8. The highest BCUT2D eigenvalue weighted by Gasteiger charge is 2.18. The molecular weight excluding hydrogens is 260 g/mol. The number of aryl methyl sites for hydroxylation is 4. The van der Waals surface area contributed by atoms with Crippen LogP contribution in [0.15, 0.2) is 0 Å². The van der Waals surface area contributed by atoms with Crippen molar-refractivity contribution in [3.63, 3.8) is 0 Å². The Hall–Kier alpha value is -1.00. The summed E-state index contributed by atoms with van der Waals surface area (Å²) in [5.74, 6) is 0. The topological polar surface area (TPSA) is 25.8 Å². The summed E-state index contributed by atoms with van der Waals surface area (Å²) in [6.45, 7) is 8.61. The molecule has 0 unspecified atom stereocenters. The van der Waals surface area contributed by atoms with Crippen molar-refractivity contribution in [2.24, 2.45) is 0 Å². The molecule has 2 aromatic heterocycles. The summed E-state index contributed by atoms with van der Waals surface area (Å²) in [5, 5.41) is 2.31. The van der Waals surface area contributed by atoms with Gasteiger partial charge in [-0.3, -0.25) is 0 Å². The molecule has 0 saturated heterocycles. The van der Waals surface area contributed by atoms with E-state index in [0.29, 0.717) is 0 Å². The number of aromatic nitrogens is 2. The Bertz CT molecular complexity index is 620. The maximum atomic E-state index is 4.75. The van der Waals surface area contributed by atoms with Crippen LogP contribution in [0.5, 0.6) is 0 Å². The second kappa shape index (κ2) is 4.28. The number of hydrogen-bond acceptors (Lipinski definition) is 4. The summed E-state index contributed by atoms with van der Waals surface area (Å²) >= 11 is 3.62. The van der Waals surface area contributed by atoms with E-state index in [0.717, 1.165) is 22.9 Å². The zero-order valence-corrected chi connectivity index (χ0v) is 12.8. The maximum Gasteiger partial charge on any atom is 0.0908 e. The average Bonchev–Trinajstić information content (AvgIpc) is 2.87. The molecule has 0 N–H and O–H groups in total. The largest absolute Gasteiger partial charge is 0.241 e. The summed E-state index contributed by atoms with van der Waals surface area (Å²) in [6.07, 6.45) is 2.06. The minimum atomic E-state index is 1.03. The van der Waals surface area contributed by atoms with Gasteiger partial charge in [0.05, 0.1) is 30.4 Å². The summed E-state index contributed by atoms with van der Waals surface area (Å²) in [4.78, 5) is 9.50. The molecule has 0 bridgehead atoms. The van der Waals surface area contributed by atoms with Crippen LogP contribution in [0.3, 0.4) is 0 Å². The Morgan fingerprint density at radius 3 is 1.50 bits per heavy atom. The third-order valence-corrected chi connectivity index (χ3v) is 5.36. The van der Waals surface area contributed by atoms with Crippen LogP contribution in [0.4, 0.5) is 0 Å². The Labute approximate surface area is 115 Å². The quantitative estimate of drug-likeness (QED) is 0.681. The predicted molar refractivity (Wildman–Crippen MR) is 81.0 cm³/mol. The molecule has 2 nitrogen and oxygen atoms in total. The second-order valence-corrected chi connectivity index (χ2v) is 6.89. The molecule has 0 amide bonds. The SMILES string of the molecule is CCc1c2nc(C)sc2c(CC)c2nc(C)sc12. The third kappa shape index (κ3) is 1.59. The lowest BCUT2D eigenvalue weighted by molar-refractivity contribution is 1.14. The molecule has 0 fully saturated rings. The van der Waals surface area contributed by atoms with Crippen molar-refractivity contribution in [3.05, 3.63) is 21.1 Å². The number of hydrogen-bond donors (Lipinski definition) is 0. The van der Waals surface area contributed by atoms with E-state index in [2.05, 4.69) is 27.7 Å². The highest BCUT2D eigenvalue weighted by atomic mass is 32.1. The number of rotatable bonds is 2. The summed E-state index contributed by atoms with van der Waals surface area (Å²) in [5.41, 5.74) is 5.19. The van der Waals surface area contributed by atoms with Gasteiger partial charge in [0.1, 0.15) is 0 Å². The van der Waals surface area contributed by atoms with Crippen LogP contribution in [0.1, 0.15) is 35.0 Å². The van der Waals surface area contributed by atoms with E-state index in [1.165, 1.54) is 31.6 Å².